The SMILES string of the molecule is CCN(CCNCCc1ccc(OCc2ccccc2)cc1)C1CCCCC1. The van der Waals surface area contributed by atoms with E-state index in [2.05, 4.69) is 53.5 Å². The van der Waals surface area contributed by atoms with Crippen LogP contribution in [0.1, 0.15) is 50.2 Å². The van der Waals surface area contributed by atoms with Crippen LogP contribution in [0.5, 0.6) is 5.75 Å². The minimum atomic E-state index is 0.622. The molecule has 152 valence electrons. The van der Waals surface area contributed by atoms with Gasteiger partial charge in [-0.2, -0.15) is 0 Å². The van der Waals surface area contributed by atoms with Crippen LogP contribution in [-0.4, -0.2) is 37.1 Å². The third kappa shape index (κ3) is 6.96. The molecule has 0 amide bonds. The summed E-state index contributed by atoms with van der Waals surface area (Å²) < 4.78 is 5.87. The highest BCUT2D eigenvalue weighted by Gasteiger charge is 2.18. The standard InChI is InChI=1S/C25H36N2O/c1-2-27(24-11-7-4-8-12-24)20-19-26-18-17-22-13-15-25(16-14-22)28-21-23-9-5-3-6-10-23/h3,5-6,9-10,13-16,24,26H,2,4,7-8,11-12,17-21H2,1H3. The monoisotopic (exact) mass is 380 g/mol. The summed E-state index contributed by atoms with van der Waals surface area (Å²) in [7, 11) is 0. The maximum absolute atomic E-state index is 5.87. The van der Waals surface area contributed by atoms with E-state index in [1.54, 1.807) is 0 Å². The highest BCUT2D eigenvalue weighted by atomic mass is 16.5. The predicted octanol–water partition coefficient (Wildman–Crippen LogP) is 5.05. The molecule has 0 radical (unpaired) electrons. The molecular weight excluding hydrogens is 344 g/mol. The molecule has 0 unspecified atom stereocenters. The van der Waals surface area contributed by atoms with Gasteiger partial charge >= 0.3 is 0 Å². The quantitative estimate of drug-likeness (QED) is 0.552. The zero-order chi connectivity index (χ0) is 19.4. The van der Waals surface area contributed by atoms with E-state index in [0.29, 0.717) is 6.61 Å². The van der Waals surface area contributed by atoms with Crippen molar-refractivity contribution >= 4 is 0 Å². The van der Waals surface area contributed by atoms with Crippen molar-refractivity contribution in [2.75, 3.05) is 26.2 Å². The van der Waals surface area contributed by atoms with E-state index < -0.39 is 0 Å². The number of nitrogens with one attached hydrogen (secondary N) is 1. The molecular formula is C25H36N2O. The molecule has 1 aliphatic rings. The molecule has 0 aliphatic heterocycles. The Bertz CT molecular complexity index is 650. The third-order valence-electron chi connectivity index (χ3n) is 5.84. The van der Waals surface area contributed by atoms with Crippen LogP contribution < -0.4 is 10.1 Å². The van der Waals surface area contributed by atoms with Crippen LogP contribution in [-0.2, 0) is 13.0 Å². The summed E-state index contributed by atoms with van der Waals surface area (Å²) in [6.07, 6.45) is 8.12. The smallest absolute Gasteiger partial charge is 0.119 e. The van der Waals surface area contributed by atoms with Gasteiger partial charge in [-0.15, -0.1) is 0 Å². The molecule has 0 atom stereocenters. The van der Waals surface area contributed by atoms with Gasteiger partial charge in [-0.05, 0) is 55.6 Å². The molecule has 0 saturated heterocycles. The van der Waals surface area contributed by atoms with Crippen molar-refractivity contribution < 1.29 is 4.74 Å². The van der Waals surface area contributed by atoms with Gasteiger partial charge in [0.25, 0.3) is 0 Å². The van der Waals surface area contributed by atoms with Crippen LogP contribution >= 0.6 is 0 Å². The molecule has 3 rings (SSSR count). The Labute approximate surface area is 171 Å². The van der Waals surface area contributed by atoms with Gasteiger partial charge in [-0.3, -0.25) is 4.90 Å². The summed E-state index contributed by atoms with van der Waals surface area (Å²) in [5.41, 5.74) is 2.56. The van der Waals surface area contributed by atoms with Gasteiger partial charge in [0.15, 0.2) is 0 Å². The summed E-state index contributed by atoms with van der Waals surface area (Å²) >= 11 is 0. The lowest BCUT2D eigenvalue weighted by molar-refractivity contribution is 0.164. The Hall–Kier alpha value is -1.84. The van der Waals surface area contributed by atoms with E-state index in [1.807, 2.05) is 18.2 Å². The molecule has 0 bridgehead atoms. The van der Waals surface area contributed by atoms with E-state index in [4.69, 9.17) is 4.74 Å². The van der Waals surface area contributed by atoms with Crippen LogP contribution in [0.2, 0.25) is 0 Å². The third-order valence-corrected chi connectivity index (χ3v) is 5.84. The number of rotatable bonds is 11. The molecule has 28 heavy (non-hydrogen) atoms. The van der Waals surface area contributed by atoms with Crippen LogP contribution in [0.25, 0.3) is 0 Å². The van der Waals surface area contributed by atoms with Gasteiger partial charge < -0.3 is 10.1 Å². The zero-order valence-corrected chi connectivity index (χ0v) is 17.4. The van der Waals surface area contributed by atoms with Crippen LogP contribution in [0, 0.1) is 0 Å². The van der Waals surface area contributed by atoms with Crippen molar-refractivity contribution in [3.8, 4) is 5.75 Å². The van der Waals surface area contributed by atoms with Crippen molar-refractivity contribution in [2.45, 2.75) is 58.1 Å². The van der Waals surface area contributed by atoms with Crippen molar-refractivity contribution in [1.29, 1.82) is 0 Å². The topological polar surface area (TPSA) is 24.5 Å². The average molecular weight is 381 g/mol. The first-order valence-corrected chi connectivity index (χ1v) is 11.1. The second-order valence-corrected chi connectivity index (χ2v) is 7.84. The molecule has 0 heterocycles. The fourth-order valence-corrected chi connectivity index (χ4v) is 4.12. The Morgan fingerprint density at radius 3 is 2.36 bits per heavy atom. The van der Waals surface area contributed by atoms with Crippen molar-refractivity contribution in [2.24, 2.45) is 0 Å². The Morgan fingerprint density at radius 1 is 0.893 bits per heavy atom. The molecule has 1 N–H and O–H groups in total. The zero-order valence-electron chi connectivity index (χ0n) is 17.4. The highest BCUT2D eigenvalue weighted by molar-refractivity contribution is 5.28. The number of hydrogen-bond acceptors (Lipinski definition) is 3. The van der Waals surface area contributed by atoms with E-state index >= 15 is 0 Å². The molecule has 3 nitrogen and oxygen atoms in total. The van der Waals surface area contributed by atoms with Gasteiger partial charge in [0.1, 0.15) is 12.4 Å². The highest BCUT2D eigenvalue weighted by Crippen LogP contribution is 2.22. The van der Waals surface area contributed by atoms with E-state index in [9.17, 15) is 0 Å². The number of hydrogen-bond donors (Lipinski definition) is 1. The minimum Gasteiger partial charge on any atom is -0.489 e. The van der Waals surface area contributed by atoms with Crippen LogP contribution in [0.15, 0.2) is 54.6 Å². The Morgan fingerprint density at radius 2 is 1.64 bits per heavy atom. The summed E-state index contributed by atoms with van der Waals surface area (Å²) in [6, 6.07) is 19.7. The lowest BCUT2D eigenvalue weighted by atomic mass is 9.94. The predicted molar refractivity (Wildman–Crippen MR) is 118 cm³/mol. The average Bonchev–Trinajstić information content (AvgIpc) is 2.77. The first kappa shape index (κ1) is 20.9. The van der Waals surface area contributed by atoms with Crippen LogP contribution in [0.3, 0.4) is 0 Å². The summed E-state index contributed by atoms with van der Waals surface area (Å²) in [5, 5.41) is 3.63. The van der Waals surface area contributed by atoms with Gasteiger partial charge in [-0.25, -0.2) is 0 Å². The fraction of sp³-hybridized carbons (Fsp3) is 0.520. The lowest BCUT2D eigenvalue weighted by Gasteiger charge is -2.33. The number of nitrogens with zero attached hydrogens (tertiary/aromatic N) is 1. The van der Waals surface area contributed by atoms with Gasteiger partial charge in [0.05, 0.1) is 0 Å². The molecule has 3 heteroatoms. The molecule has 0 aromatic heterocycles. The van der Waals surface area contributed by atoms with Crippen molar-refractivity contribution in [1.82, 2.24) is 10.2 Å². The molecule has 1 saturated carbocycles. The van der Waals surface area contributed by atoms with Crippen LogP contribution in [0.4, 0.5) is 0 Å². The van der Waals surface area contributed by atoms with Crippen molar-refractivity contribution in [3.63, 3.8) is 0 Å². The normalized spacial score (nSPS) is 15.1. The van der Waals surface area contributed by atoms with Gasteiger partial charge in [0.2, 0.25) is 0 Å². The van der Waals surface area contributed by atoms with E-state index in [0.717, 1.165) is 31.3 Å². The summed E-state index contributed by atoms with van der Waals surface area (Å²) in [5.74, 6) is 0.937. The molecule has 1 aliphatic carbocycles. The second kappa shape index (κ2) is 11.9. The van der Waals surface area contributed by atoms with E-state index in [1.165, 1.54) is 56.3 Å². The number of likely N-dealkylation sites (N-methyl/N-ethyl adjacent to an activating group) is 1. The largest absolute Gasteiger partial charge is 0.489 e. The molecule has 0 spiro atoms. The Balaban J connectivity index is 1.31. The van der Waals surface area contributed by atoms with Gasteiger partial charge in [0, 0.05) is 19.1 Å². The number of ether oxygens (including phenoxy) is 1. The molecule has 1 fully saturated rings. The first-order valence-electron chi connectivity index (χ1n) is 11.1. The summed E-state index contributed by atoms with van der Waals surface area (Å²) in [6.45, 7) is 7.39. The second-order valence-electron chi connectivity index (χ2n) is 7.84. The fourth-order valence-electron chi connectivity index (χ4n) is 4.12. The lowest BCUT2D eigenvalue weighted by Crippen LogP contribution is -2.41. The van der Waals surface area contributed by atoms with E-state index in [-0.39, 0.29) is 0 Å². The minimum absolute atomic E-state index is 0.622. The molecule has 2 aromatic carbocycles. The van der Waals surface area contributed by atoms with Gasteiger partial charge in [-0.1, -0.05) is 68.7 Å². The Kier molecular flexibility index (Phi) is 8.86. The maximum atomic E-state index is 5.87. The summed E-state index contributed by atoms with van der Waals surface area (Å²) in [4.78, 5) is 2.67. The first-order chi connectivity index (χ1) is 13.8. The maximum Gasteiger partial charge on any atom is 0.119 e. The van der Waals surface area contributed by atoms with Crippen molar-refractivity contribution in [3.05, 3.63) is 65.7 Å². The molecule has 2 aromatic rings. The number of benzene rings is 2.